The summed E-state index contributed by atoms with van der Waals surface area (Å²) in [5, 5.41) is 25.3. The number of piperazine rings is 1. The van der Waals surface area contributed by atoms with Crippen LogP contribution in [0.3, 0.4) is 0 Å². The van der Waals surface area contributed by atoms with Crippen molar-refractivity contribution in [1.29, 1.82) is 0 Å². The monoisotopic (exact) mass is 425 g/mol. The quantitative estimate of drug-likeness (QED) is 0.580. The first-order chi connectivity index (χ1) is 14.9. The van der Waals surface area contributed by atoms with Gasteiger partial charge in [0.2, 0.25) is 0 Å². The van der Waals surface area contributed by atoms with E-state index in [-0.39, 0.29) is 0 Å². The summed E-state index contributed by atoms with van der Waals surface area (Å²) in [6, 6.07) is 6.40. The molecule has 1 aromatic heterocycles. The normalized spacial score (nSPS) is 15.6. The molecule has 2 atom stereocenters. The Morgan fingerprint density at radius 1 is 1.13 bits per heavy atom. The number of aromatic nitrogens is 2. The van der Waals surface area contributed by atoms with Gasteiger partial charge in [-0.3, -0.25) is 9.48 Å². The predicted molar refractivity (Wildman–Crippen MR) is 116 cm³/mol. The second-order valence-electron chi connectivity index (χ2n) is 7.47. The summed E-state index contributed by atoms with van der Waals surface area (Å²) < 4.78 is 1.71. The number of nitrogens with one attached hydrogen (secondary N) is 1. The van der Waals surface area contributed by atoms with Crippen molar-refractivity contribution in [1.82, 2.24) is 20.0 Å². The molecule has 164 valence electrons. The predicted octanol–water partition coefficient (Wildman–Crippen LogP) is -0.0377. The van der Waals surface area contributed by atoms with Crippen molar-refractivity contribution in [2.24, 2.45) is 7.05 Å². The Labute approximate surface area is 181 Å². The van der Waals surface area contributed by atoms with E-state index in [4.69, 9.17) is 5.11 Å². The van der Waals surface area contributed by atoms with Crippen molar-refractivity contribution < 1.29 is 19.8 Å². The van der Waals surface area contributed by atoms with Crippen LogP contribution in [0.5, 0.6) is 0 Å². The molecule has 1 aliphatic heterocycles. The molecule has 1 aromatic carbocycles. The maximum Gasteiger partial charge on any atom is 0.318 e. The second-order valence-corrected chi connectivity index (χ2v) is 7.47. The number of ketones is 1. The van der Waals surface area contributed by atoms with Crippen molar-refractivity contribution in [3.63, 3.8) is 0 Å². The molecule has 0 saturated carbocycles. The van der Waals surface area contributed by atoms with Crippen molar-refractivity contribution >= 4 is 17.5 Å². The average molecular weight is 425 g/mol. The number of benzene rings is 1. The lowest BCUT2D eigenvalue weighted by atomic mass is 10.1. The number of hydrogen-bond donors (Lipinski definition) is 3. The fraction of sp³-hybridized carbons (Fsp3) is 0.409. The van der Waals surface area contributed by atoms with E-state index in [1.807, 2.05) is 37.5 Å². The highest BCUT2D eigenvalue weighted by Gasteiger charge is 2.28. The second kappa shape index (κ2) is 10.1. The van der Waals surface area contributed by atoms with E-state index in [9.17, 15) is 14.7 Å². The molecule has 0 radical (unpaired) electrons. The van der Waals surface area contributed by atoms with Gasteiger partial charge in [0.05, 0.1) is 17.9 Å². The minimum absolute atomic E-state index is 0.423. The molecule has 0 spiro atoms. The van der Waals surface area contributed by atoms with Crippen LogP contribution in [0, 0.1) is 11.8 Å². The average Bonchev–Trinajstić information content (AvgIpc) is 3.20. The van der Waals surface area contributed by atoms with Crippen molar-refractivity contribution in [3.05, 3.63) is 47.8 Å². The number of carbonyl (C=O) groups is 2. The van der Waals surface area contributed by atoms with Crippen molar-refractivity contribution in [2.75, 3.05) is 37.7 Å². The number of aliphatic hydroxyl groups excluding tert-OH is 2. The smallest absolute Gasteiger partial charge is 0.318 e. The van der Waals surface area contributed by atoms with Crippen molar-refractivity contribution in [2.45, 2.75) is 19.1 Å². The number of aliphatic hydroxyl groups is 2. The van der Waals surface area contributed by atoms with Gasteiger partial charge in [-0.25, -0.2) is 4.79 Å². The summed E-state index contributed by atoms with van der Waals surface area (Å²) >= 11 is 0. The van der Waals surface area contributed by atoms with Crippen LogP contribution in [0.15, 0.2) is 36.7 Å². The molecule has 9 nitrogen and oxygen atoms in total. The Bertz CT molecular complexity index is 966. The van der Waals surface area contributed by atoms with Crippen LogP contribution in [0.2, 0.25) is 0 Å². The van der Waals surface area contributed by atoms with Gasteiger partial charge in [-0.2, -0.15) is 5.10 Å². The summed E-state index contributed by atoms with van der Waals surface area (Å²) in [7, 11) is 1.85. The molecule has 3 rings (SSSR count). The molecule has 0 bridgehead atoms. The highest BCUT2D eigenvalue weighted by molar-refractivity contribution is 5.89. The minimum atomic E-state index is -1.11. The molecule has 2 aromatic rings. The van der Waals surface area contributed by atoms with Crippen LogP contribution in [0.25, 0.3) is 0 Å². The number of aryl methyl sites for hydroxylation is 1. The molecule has 2 heterocycles. The molecule has 3 N–H and O–H groups in total. The van der Waals surface area contributed by atoms with Gasteiger partial charge in [-0.1, -0.05) is 11.8 Å². The maximum atomic E-state index is 12.4. The molecule has 31 heavy (non-hydrogen) atoms. The van der Waals surface area contributed by atoms with Crippen LogP contribution >= 0.6 is 0 Å². The Hall–Kier alpha value is -3.35. The third-order valence-corrected chi connectivity index (χ3v) is 5.12. The van der Waals surface area contributed by atoms with E-state index in [1.165, 1.54) is 6.92 Å². The molecular weight excluding hydrogens is 398 g/mol. The molecule has 9 heteroatoms. The third-order valence-electron chi connectivity index (χ3n) is 5.12. The molecule has 0 unspecified atom stereocenters. The highest BCUT2D eigenvalue weighted by atomic mass is 16.3. The number of urea groups is 1. The Morgan fingerprint density at radius 2 is 1.77 bits per heavy atom. The Kier molecular flexibility index (Phi) is 7.28. The van der Waals surface area contributed by atoms with E-state index in [0.29, 0.717) is 26.2 Å². The van der Waals surface area contributed by atoms with Gasteiger partial charge in [0.15, 0.2) is 5.78 Å². The third kappa shape index (κ3) is 5.84. The Morgan fingerprint density at radius 3 is 2.32 bits per heavy atom. The first-order valence-corrected chi connectivity index (χ1v) is 10.1. The molecule has 1 saturated heterocycles. The lowest BCUT2D eigenvalue weighted by Crippen LogP contribution is -2.57. The van der Waals surface area contributed by atoms with Crippen LogP contribution in [-0.2, 0) is 11.8 Å². The van der Waals surface area contributed by atoms with Gasteiger partial charge in [-0.15, -0.1) is 0 Å². The molecule has 2 amide bonds. The van der Waals surface area contributed by atoms with Crippen molar-refractivity contribution in [3.8, 4) is 11.8 Å². The van der Waals surface area contributed by atoms with Crippen LogP contribution in [0.4, 0.5) is 10.5 Å². The SMILES string of the molecule is C[C@@H](O)[C@H](NC(=O)N1CCN(c2ccc(C#Cc3cnn(C)c3)cc2)CC1)C(=O)CO. The van der Waals surface area contributed by atoms with Crippen LogP contribution in [-0.4, -0.2) is 81.6 Å². The number of nitrogens with zero attached hydrogens (tertiary/aromatic N) is 4. The van der Waals surface area contributed by atoms with E-state index in [0.717, 1.165) is 16.8 Å². The van der Waals surface area contributed by atoms with Gasteiger partial charge in [0.25, 0.3) is 0 Å². The number of anilines is 1. The van der Waals surface area contributed by atoms with Gasteiger partial charge >= 0.3 is 6.03 Å². The number of rotatable bonds is 5. The number of hydrogen-bond acceptors (Lipinski definition) is 6. The standard InChI is InChI=1S/C22H27N5O4/c1-16(29)21(20(30)15-28)24-22(31)27-11-9-26(10-12-27)19-7-5-17(6-8-19)3-4-18-13-23-25(2)14-18/h5-8,13-14,16,21,28-29H,9-12,15H2,1-2H3,(H,24,31)/t16-,21+/m1/s1. The summed E-state index contributed by atoms with van der Waals surface area (Å²) in [6.45, 7) is 2.92. The highest BCUT2D eigenvalue weighted by Crippen LogP contribution is 2.17. The first kappa shape index (κ1) is 22.3. The topological polar surface area (TPSA) is 111 Å². The minimum Gasteiger partial charge on any atom is -0.391 e. The van der Waals surface area contributed by atoms with Gasteiger partial charge in [-0.05, 0) is 31.2 Å². The van der Waals surface area contributed by atoms with E-state index in [1.54, 1.807) is 15.8 Å². The molecule has 1 aliphatic rings. The number of carbonyl (C=O) groups excluding carboxylic acids is 2. The summed E-state index contributed by atoms with van der Waals surface area (Å²) in [6.07, 6.45) is 2.50. The maximum absolute atomic E-state index is 12.4. The number of amides is 2. The summed E-state index contributed by atoms with van der Waals surface area (Å²) in [5.74, 6) is 5.58. The first-order valence-electron chi connectivity index (χ1n) is 10.1. The fourth-order valence-electron chi connectivity index (χ4n) is 3.35. The molecular formula is C22H27N5O4. The largest absolute Gasteiger partial charge is 0.391 e. The summed E-state index contributed by atoms with van der Waals surface area (Å²) in [4.78, 5) is 27.9. The molecule has 0 aliphatic carbocycles. The summed E-state index contributed by atoms with van der Waals surface area (Å²) in [5.41, 5.74) is 2.81. The zero-order chi connectivity index (χ0) is 22.4. The fourth-order valence-corrected chi connectivity index (χ4v) is 3.35. The zero-order valence-electron chi connectivity index (χ0n) is 17.7. The van der Waals surface area contributed by atoms with E-state index >= 15 is 0 Å². The zero-order valence-corrected chi connectivity index (χ0v) is 17.7. The Balaban J connectivity index is 1.54. The number of Topliss-reactive ketones (excluding diaryl/α,β-unsaturated/α-hetero) is 1. The van der Waals surface area contributed by atoms with Crippen LogP contribution in [0.1, 0.15) is 18.1 Å². The van der Waals surface area contributed by atoms with Gasteiger partial charge in [0, 0.05) is 50.7 Å². The van der Waals surface area contributed by atoms with E-state index in [2.05, 4.69) is 27.2 Å². The molecule has 1 fully saturated rings. The van der Waals surface area contributed by atoms with Crippen LogP contribution < -0.4 is 10.2 Å². The lowest BCUT2D eigenvalue weighted by molar-refractivity contribution is -0.125. The van der Waals surface area contributed by atoms with Gasteiger partial charge < -0.3 is 25.3 Å². The van der Waals surface area contributed by atoms with E-state index < -0.39 is 30.6 Å². The lowest BCUT2D eigenvalue weighted by Gasteiger charge is -2.36. The van der Waals surface area contributed by atoms with Gasteiger partial charge in [0.1, 0.15) is 12.6 Å².